The highest BCUT2D eigenvalue weighted by atomic mass is 16.5. The van der Waals surface area contributed by atoms with Gasteiger partial charge in [0.15, 0.2) is 0 Å². The zero-order valence-corrected chi connectivity index (χ0v) is 20.5. The Morgan fingerprint density at radius 3 is 2.39 bits per heavy atom. The van der Waals surface area contributed by atoms with Crippen LogP contribution >= 0.6 is 0 Å². The zero-order valence-electron chi connectivity index (χ0n) is 20.5. The summed E-state index contributed by atoms with van der Waals surface area (Å²) in [4.78, 5) is 42.7. The number of rotatable bonds is 6. The van der Waals surface area contributed by atoms with Gasteiger partial charge in [0.25, 0.3) is 5.91 Å². The molecule has 3 aromatic rings. The Morgan fingerprint density at radius 1 is 0.972 bits per heavy atom. The number of likely N-dealkylation sites (tertiary alicyclic amines) is 1. The Morgan fingerprint density at radius 2 is 1.67 bits per heavy atom. The van der Waals surface area contributed by atoms with Gasteiger partial charge in [-0.3, -0.25) is 19.7 Å². The molecule has 186 valence electrons. The summed E-state index contributed by atoms with van der Waals surface area (Å²) in [6, 6.07) is 23.2. The number of benzene rings is 3. The van der Waals surface area contributed by atoms with Gasteiger partial charge in [0.05, 0.1) is 18.3 Å². The number of hydrogen-bond donors (Lipinski definition) is 1. The molecule has 3 aromatic carbocycles. The summed E-state index contributed by atoms with van der Waals surface area (Å²) in [5, 5.41) is 5.68. The van der Waals surface area contributed by atoms with Crippen molar-refractivity contribution < 1.29 is 19.1 Å². The lowest BCUT2D eigenvalue weighted by molar-refractivity contribution is -0.151. The summed E-state index contributed by atoms with van der Waals surface area (Å²) >= 11 is 0. The molecule has 7 heteroatoms. The predicted molar refractivity (Wildman–Crippen MR) is 137 cm³/mol. The smallest absolute Gasteiger partial charge is 0.325 e. The molecular formula is C29H31N3O4. The van der Waals surface area contributed by atoms with Crippen LogP contribution in [-0.4, -0.2) is 65.5 Å². The molecule has 2 amide bonds. The van der Waals surface area contributed by atoms with Crippen LogP contribution in [0.25, 0.3) is 10.8 Å². The Balaban J connectivity index is 1.33. The lowest BCUT2D eigenvalue weighted by Gasteiger charge is -2.44. The number of nitrogens with one attached hydrogen (secondary N) is 1. The summed E-state index contributed by atoms with van der Waals surface area (Å²) in [5.41, 5.74) is 1.04. The topological polar surface area (TPSA) is 79.0 Å². The van der Waals surface area contributed by atoms with Crippen LogP contribution in [0.3, 0.4) is 0 Å². The number of hydrogen-bond acceptors (Lipinski definition) is 5. The Hall–Kier alpha value is -3.71. The van der Waals surface area contributed by atoms with Crippen molar-refractivity contribution in [3.8, 4) is 0 Å². The average molecular weight is 486 g/mol. The molecule has 7 nitrogen and oxygen atoms in total. The highest BCUT2D eigenvalue weighted by molar-refractivity contribution is 5.98. The highest BCUT2D eigenvalue weighted by Gasteiger charge is 2.52. The molecule has 0 aromatic heterocycles. The molecule has 2 saturated heterocycles. The Bertz CT molecular complexity index is 1270. The minimum Gasteiger partial charge on any atom is -0.465 e. The van der Waals surface area contributed by atoms with E-state index in [0.717, 1.165) is 16.3 Å². The van der Waals surface area contributed by atoms with Crippen LogP contribution in [0, 0.1) is 0 Å². The predicted octanol–water partition coefficient (Wildman–Crippen LogP) is 3.38. The third-order valence-electron chi connectivity index (χ3n) is 7.27. The lowest BCUT2D eigenvalue weighted by atomic mass is 9.95. The number of nitrogens with zero attached hydrogens (tertiary/aromatic N) is 2. The van der Waals surface area contributed by atoms with Crippen LogP contribution in [-0.2, 0) is 20.7 Å². The van der Waals surface area contributed by atoms with E-state index in [1.54, 1.807) is 11.8 Å². The number of amides is 2. The van der Waals surface area contributed by atoms with Crippen LogP contribution in [0.15, 0.2) is 72.8 Å². The number of fused-ring (bicyclic) bond motifs is 1. The summed E-state index contributed by atoms with van der Waals surface area (Å²) in [5.74, 6) is -0.527. The van der Waals surface area contributed by atoms with Crippen molar-refractivity contribution in [2.24, 2.45) is 0 Å². The van der Waals surface area contributed by atoms with Gasteiger partial charge in [0.1, 0.15) is 6.54 Å². The normalized spacial score (nSPS) is 19.1. The van der Waals surface area contributed by atoms with E-state index in [4.69, 9.17) is 4.74 Å². The van der Waals surface area contributed by atoms with Crippen LogP contribution in [0.1, 0.15) is 35.7 Å². The second-order valence-corrected chi connectivity index (χ2v) is 9.50. The first kappa shape index (κ1) is 24.0. The summed E-state index contributed by atoms with van der Waals surface area (Å²) < 4.78 is 5.17. The fraction of sp³-hybridized carbons (Fsp3) is 0.345. The molecule has 2 fully saturated rings. The van der Waals surface area contributed by atoms with E-state index in [2.05, 4.69) is 5.32 Å². The van der Waals surface area contributed by atoms with Crippen molar-refractivity contribution in [2.45, 2.75) is 37.9 Å². The monoisotopic (exact) mass is 485 g/mol. The molecule has 5 rings (SSSR count). The standard InChI is InChI=1S/C29H31N3O4/c1-2-36-26(33)20-32-28(35)25(18-21-8-4-3-5-9-21)30-29(32)14-16-31(17-15-29)27(34)24-13-12-22-10-6-7-11-23(22)19-24/h3-13,19,25,30H,2,14-18,20H2,1H3. The van der Waals surface area contributed by atoms with Crippen molar-refractivity contribution >= 4 is 28.6 Å². The van der Waals surface area contributed by atoms with Crippen molar-refractivity contribution in [2.75, 3.05) is 26.2 Å². The molecule has 0 radical (unpaired) electrons. The summed E-state index contributed by atoms with van der Waals surface area (Å²) in [6.45, 7) is 2.91. The van der Waals surface area contributed by atoms with Gasteiger partial charge in [0.2, 0.25) is 5.91 Å². The van der Waals surface area contributed by atoms with Crippen molar-refractivity contribution in [3.05, 3.63) is 83.9 Å². The van der Waals surface area contributed by atoms with Gasteiger partial charge in [-0.1, -0.05) is 60.7 Å². The SMILES string of the molecule is CCOC(=O)CN1C(=O)C(Cc2ccccc2)NC12CCN(C(=O)c1ccc3ccccc3c1)CC2. The largest absolute Gasteiger partial charge is 0.465 e. The second-order valence-electron chi connectivity index (χ2n) is 9.50. The number of esters is 1. The third kappa shape index (κ3) is 4.71. The van der Waals surface area contributed by atoms with E-state index < -0.39 is 17.7 Å². The van der Waals surface area contributed by atoms with E-state index in [1.807, 2.05) is 77.7 Å². The maximum absolute atomic E-state index is 13.5. The minimum absolute atomic E-state index is 0.0160. The molecule has 1 spiro atoms. The third-order valence-corrected chi connectivity index (χ3v) is 7.27. The molecule has 2 aliphatic heterocycles. The Labute approximate surface area is 211 Å². The average Bonchev–Trinajstić information content (AvgIpc) is 3.14. The van der Waals surface area contributed by atoms with Gasteiger partial charge >= 0.3 is 5.97 Å². The van der Waals surface area contributed by atoms with Crippen LogP contribution < -0.4 is 5.32 Å². The molecule has 1 N–H and O–H groups in total. The summed E-state index contributed by atoms with van der Waals surface area (Å²) in [6.07, 6.45) is 1.63. The highest BCUT2D eigenvalue weighted by Crippen LogP contribution is 2.34. The fourth-order valence-electron chi connectivity index (χ4n) is 5.42. The van der Waals surface area contributed by atoms with E-state index in [0.29, 0.717) is 37.9 Å². The van der Waals surface area contributed by atoms with Crippen molar-refractivity contribution in [3.63, 3.8) is 0 Å². The molecule has 36 heavy (non-hydrogen) atoms. The fourth-order valence-corrected chi connectivity index (χ4v) is 5.42. The van der Waals surface area contributed by atoms with Gasteiger partial charge in [-0.25, -0.2) is 0 Å². The maximum atomic E-state index is 13.5. The van der Waals surface area contributed by atoms with Crippen LogP contribution in [0.2, 0.25) is 0 Å². The molecular weight excluding hydrogens is 454 g/mol. The Kier molecular flexibility index (Phi) is 6.74. The number of ether oxygens (including phenoxy) is 1. The van der Waals surface area contributed by atoms with Crippen LogP contribution in [0.4, 0.5) is 0 Å². The molecule has 1 atom stereocenters. The van der Waals surface area contributed by atoms with Gasteiger partial charge in [-0.05, 0) is 41.8 Å². The molecule has 0 bridgehead atoms. The summed E-state index contributed by atoms with van der Waals surface area (Å²) in [7, 11) is 0. The molecule has 1 unspecified atom stereocenters. The van der Waals surface area contributed by atoms with E-state index in [1.165, 1.54) is 0 Å². The lowest BCUT2D eigenvalue weighted by Crippen LogP contribution is -2.60. The molecule has 0 saturated carbocycles. The van der Waals surface area contributed by atoms with Crippen molar-refractivity contribution in [1.82, 2.24) is 15.1 Å². The quantitative estimate of drug-likeness (QED) is 0.542. The second kappa shape index (κ2) is 10.1. The van der Waals surface area contributed by atoms with Gasteiger partial charge < -0.3 is 14.5 Å². The van der Waals surface area contributed by atoms with E-state index in [9.17, 15) is 14.4 Å². The van der Waals surface area contributed by atoms with Crippen molar-refractivity contribution in [1.29, 1.82) is 0 Å². The van der Waals surface area contributed by atoms with Gasteiger partial charge in [-0.2, -0.15) is 0 Å². The van der Waals surface area contributed by atoms with Gasteiger partial charge in [-0.15, -0.1) is 0 Å². The van der Waals surface area contributed by atoms with E-state index >= 15 is 0 Å². The minimum atomic E-state index is -0.677. The first-order valence-corrected chi connectivity index (χ1v) is 12.6. The maximum Gasteiger partial charge on any atom is 0.325 e. The van der Waals surface area contributed by atoms with E-state index in [-0.39, 0.29) is 25.0 Å². The molecule has 2 heterocycles. The zero-order chi connectivity index (χ0) is 25.1. The first-order valence-electron chi connectivity index (χ1n) is 12.6. The molecule has 0 aliphatic carbocycles. The number of carbonyl (C=O) groups excluding carboxylic acids is 3. The number of piperidine rings is 1. The number of carbonyl (C=O) groups is 3. The first-order chi connectivity index (χ1) is 17.5. The van der Waals surface area contributed by atoms with Crippen LogP contribution in [0.5, 0.6) is 0 Å². The molecule has 2 aliphatic rings. The van der Waals surface area contributed by atoms with Gasteiger partial charge in [0, 0.05) is 31.5 Å².